The summed E-state index contributed by atoms with van der Waals surface area (Å²) in [6.07, 6.45) is -1.27. The maximum atomic E-state index is 13.1. The normalized spacial score (nSPS) is 11.3. The molecule has 31 heavy (non-hydrogen) atoms. The lowest BCUT2D eigenvalue weighted by Crippen LogP contribution is -2.26. The van der Waals surface area contributed by atoms with E-state index >= 15 is 0 Å². The maximum Gasteiger partial charge on any atom is 0.311 e. The first-order valence-electron chi connectivity index (χ1n) is 9.52. The number of benzene rings is 3. The Kier molecular flexibility index (Phi) is 7.22. The summed E-state index contributed by atoms with van der Waals surface area (Å²) in [6, 6.07) is 19.1. The number of methoxy groups -OCH3 is 2. The molecule has 0 heterocycles. The minimum Gasteiger partial charge on any atom is -0.497 e. The molecule has 6 nitrogen and oxygen atoms in total. The van der Waals surface area contributed by atoms with E-state index in [1.54, 1.807) is 48.5 Å². The Balaban J connectivity index is 1.78. The predicted molar refractivity (Wildman–Crippen MR) is 114 cm³/mol. The van der Waals surface area contributed by atoms with Gasteiger partial charge in [-0.15, -0.1) is 0 Å². The number of amides is 1. The quantitative estimate of drug-likeness (QED) is 0.547. The number of rotatable bonds is 8. The van der Waals surface area contributed by atoms with Crippen LogP contribution in [0.3, 0.4) is 0 Å². The highest BCUT2D eigenvalue weighted by molar-refractivity contribution is 5.96. The van der Waals surface area contributed by atoms with Gasteiger partial charge in [-0.05, 0) is 30.3 Å². The van der Waals surface area contributed by atoms with Crippen LogP contribution in [0.25, 0.3) is 0 Å². The lowest BCUT2D eigenvalue weighted by Gasteiger charge is -2.19. The Morgan fingerprint density at radius 2 is 1.65 bits per heavy atom. The highest BCUT2D eigenvalue weighted by Crippen LogP contribution is 2.26. The minimum atomic E-state index is -1.18. The van der Waals surface area contributed by atoms with Crippen LogP contribution in [0.15, 0.2) is 72.8 Å². The smallest absolute Gasteiger partial charge is 0.311 e. The molecule has 0 bridgehead atoms. The van der Waals surface area contributed by atoms with Crippen molar-refractivity contribution in [1.82, 2.24) is 0 Å². The Morgan fingerprint density at radius 1 is 0.935 bits per heavy atom. The van der Waals surface area contributed by atoms with E-state index in [-0.39, 0.29) is 6.42 Å². The van der Waals surface area contributed by atoms with Crippen LogP contribution in [0, 0.1) is 5.82 Å². The molecular weight excluding hydrogens is 401 g/mol. The van der Waals surface area contributed by atoms with Crippen LogP contribution in [-0.2, 0) is 20.7 Å². The molecule has 0 fully saturated rings. The number of esters is 1. The first kappa shape index (κ1) is 21.8. The van der Waals surface area contributed by atoms with Gasteiger partial charge in [-0.2, -0.15) is 0 Å². The van der Waals surface area contributed by atoms with Gasteiger partial charge in [0.2, 0.25) is 6.10 Å². The molecule has 3 aromatic rings. The average Bonchev–Trinajstić information content (AvgIpc) is 2.79. The van der Waals surface area contributed by atoms with Crippen molar-refractivity contribution in [1.29, 1.82) is 0 Å². The number of anilines is 1. The van der Waals surface area contributed by atoms with Crippen molar-refractivity contribution in [3.8, 4) is 11.5 Å². The maximum absolute atomic E-state index is 13.1. The van der Waals surface area contributed by atoms with E-state index in [2.05, 4.69) is 5.32 Å². The van der Waals surface area contributed by atoms with Gasteiger partial charge >= 0.3 is 5.97 Å². The zero-order valence-electron chi connectivity index (χ0n) is 17.1. The summed E-state index contributed by atoms with van der Waals surface area (Å²) in [6.45, 7) is 0. The summed E-state index contributed by atoms with van der Waals surface area (Å²) in [7, 11) is 3.03. The van der Waals surface area contributed by atoms with E-state index in [1.165, 1.54) is 38.5 Å². The topological polar surface area (TPSA) is 73.9 Å². The molecule has 1 unspecified atom stereocenters. The summed E-state index contributed by atoms with van der Waals surface area (Å²) in [5.41, 5.74) is 1.50. The highest BCUT2D eigenvalue weighted by atomic mass is 19.1. The van der Waals surface area contributed by atoms with Crippen molar-refractivity contribution >= 4 is 17.6 Å². The monoisotopic (exact) mass is 423 g/mol. The predicted octanol–water partition coefficient (Wildman–Crippen LogP) is 4.31. The molecule has 0 saturated heterocycles. The highest BCUT2D eigenvalue weighted by Gasteiger charge is 2.26. The number of carbonyl (C=O) groups excluding carboxylic acids is 2. The third-order valence-electron chi connectivity index (χ3n) is 4.53. The Bertz CT molecular complexity index is 1040. The third kappa shape index (κ3) is 5.82. The van der Waals surface area contributed by atoms with Crippen LogP contribution in [0.4, 0.5) is 10.1 Å². The van der Waals surface area contributed by atoms with E-state index in [4.69, 9.17) is 14.2 Å². The molecule has 3 aromatic carbocycles. The zero-order valence-corrected chi connectivity index (χ0v) is 17.1. The second kappa shape index (κ2) is 10.2. The number of hydrogen-bond acceptors (Lipinski definition) is 5. The first-order valence-corrected chi connectivity index (χ1v) is 9.52. The summed E-state index contributed by atoms with van der Waals surface area (Å²) in [5.74, 6) is -0.505. The van der Waals surface area contributed by atoms with Gasteiger partial charge in [0.1, 0.15) is 17.3 Å². The van der Waals surface area contributed by atoms with Crippen LogP contribution in [0.2, 0.25) is 0 Å². The molecule has 1 atom stereocenters. The summed E-state index contributed by atoms with van der Waals surface area (Å²) in [4.78, 5) is 25.6. The van der Waals surface area contributed by atoms with Gasteiger partial charge in [0, 0.05) is 22.9 Å². The van der Waals surface area contributed by atoms with Gasteiger partial charge in [-0.3, -0.25) is 9.59 Å². The fourth-order valence-electron chi connectivity index (χ4n) is 2.97. The van der Waals surface area contributed by atoms with E-state index in [0.717, 1.165) is 0 Å². The summed E-state index contributed by atoms with van der Waals surface area (Å²) < 4.78 is 29.2. The van der Waals surface area contributed by atoms with E-state index in [1.807, 2.05) is 0 Å². The van der Waals surface area contributed by atoms with E-state index in [0.29, 0.717) is 28.3 Å². The van der Waals surface area contributed by atoms with Crippen molar-refractivity contribution < 1.29 is 28.2 Å². The minimum absolute atomic E-state index is 0.0969. The SMILES string of the molecule is COc1ccc(CC(=O)OC(C(=O)Nc2ccc(F)cc2)c2ccccc2)c(OC)c1. The molecular formula is C24H22FNO5. The molecule has 0 spiro atoms. The molecule has 0 saturated carbocycles. The molecule has 0 radical (unpaired) electrons. The molecule has 0 aliphatic rings. The summed E-state index contributed by atoms with van der Waals surface area (Å²) in [5, 5.41) is 2.65. The van der Waals surface area contributed by atoms with Crippen LogP contribution < -0.4 is 14.8 Å². The Hall–Kier alpha value is -3.87. The van der Waals surface area contributed by atoms with E-state index in [9.17, 15) is 14.0 Å². The second-order valence-electron chi connectivity index (χ2n) is 6.63. The van der Waals surface area contributed by atoms with Gasteiger partial charge in [-0.25, -0.2) is 4.39 Å². The third-order valence-corrected chi connectivity index (χ3v) is 4.53. The number of nitrogens with one attached hydrogen (secondary N) is 1. The van der Waals surface area contributed by atoms with E-state index < -0.39 is 23.8 Å². The van der Waals surface area contributed by atoms with Gasteiger partial charge < -0.3 is 19.5 Å². The van der Waals surface area contributed by atoms with Crippen molar-refractivity contribution in [3.63, 3.8) is 0 Å². The Labute approximate surface area is 179 Å². The number of carbonyl (C=O) groups is 2. The molecule has 3 rings (SSSR count). The lowest BCUT2D eigenvalue weighted by molar-refractivity contribution is -0.154. The van der Waals surface area contributed by atoms with Crippen molar-refractivity contribution in [2.24, 2.45) is 0 Å². The lowest BCUT2D eigenvalue weighted by atomic mass is 10.1. The average molecular weight is 423 g/mol. The molecule has 1 amide bonds. The van der Waals surface area contributed by atoms with Crippen LogP contribution in [0.1, 0.15) is 17.2 Å². The standard InChI is InChI=1S/C24H22FNO5/c1-29-20-13-8-17(21(15-20)30-2)14-22(27)31-23(16-6-4-3-5-7-16)24(28)26-19-11-9-18(25)10-12-19/h3-13,15,23H,14H2,1-2H3,(H,26,28). The number of halogens is 1. The summed E-state index contributed by atoms with van der Waals surface area (Å²) >= 11 is 0. The van der Waals surface area contributed by atoms with Crippen molar-refractivity contribution in [2.45, 2.75) is 12.5 Å². The van der Waals surface area contributed by atoms with Crippen LogP contribution in [0.5, 0.6) is 11.5 Å². The zero-order chi connectivity index (χ0) is 22.2. The van der Waals surface area contributed by atoms with Crippen LogP contribution in [-0.4, -0.2) is 26.1 Å². The van der Waals surface area contributed by atoms with Gasteiger partial charge in [0.15, 0.2) is 0 Å². The van der Waals surface area contributed by atoms with Gasteiger partial charge in [-0.1, -0.05) is 36.4 Å². The molecule has 7 heteroatoms. The fraction of sp³-hybridized carbons (Fsp3) is 0.167. The first-order chi connectivity index (χ1) is 15.0. The molecule has 0 aliphatic carbocycles. The molecule has 1 N–H and O–H groups in total. The van der Waals surface area contributed by atoms with Crippen molar-refractivity contribution in [3.05, 3.63) is 89.7 Å². The van der Waals surface area contributed by atoms with Crippen LogP contribution >= 0.6 is 0 Å². The molecule has 0 aromatic heterocycles. The second-order valence-corrected chi connectivity index (χ2v) is 6.63. The fourth-order valence-corrected chi connectivity index (χ4v) is 2.97. The van der Waals surface area contributed by atoms with Gasteiger partial charge in [0.05, 0.1) is 20.6 Å². The Morgan fingerprint density at radius 3 is 2.29 bits per heavy atom. The largest absolute Gasteiger partial charge is 0.497 e. The van der Waals surface area contributed by atoms with Crippen molar-refractivity contribution in [2.75, 3.05) is 19.5 Å². The van der Waals surface area contributed by atoms with Gasteiger partial charge in [0.25, 0.3) is 5.91 Å². The molecule has 160 valence electrons. The number of ether oxygens (including phenoxy) is 3. The molecule has 0 aliphatic heterocycles. The number of hydrogen-bond donors (Lipinski definition) is 1.